The molecule has 1 heteroatoms. The fourth-order valence-electron chi connectivity index (χ4n) is 2.40. The van der Waals surface area contributed by atoms with E-state index in [0.717, 1.165) is 11.7 Å². The van der Waals surface area contributed by atoms with E-state index >= 15 is 0 Å². The standard InChI is InChI=1S/C12H25B/c1-11(2)10-13-12-8-6-4-3-5-7-9-12/h11-13H,3-10H2,1-2H3. The molecule has 1 aliphatic carbocycles. The Balaban J connectivity index is 2.14. The second kappa shape index (κ2) is 6.51. The quantitative estimate of drug-likeness (QED) is 0.575. The number of hydrogen-bond acceptors (Lipinski definition) is 0. The van der Waals surface area contributed by atoms with E-state index in [1.807, 2.05) is 0 Å². The molecular formula is C12H25B. The minimum absolute atomic E-state index is 0.908. The van der Waals surface area contributed by atoms with Crippen LogP contribution in [0.15, 0.2) is 0 Å². The summed E-state index contributed by atoms with van der Waals surface area (Å²) >= 11 is 0. The summed E-state index contributed by atoms with van der Waals surface area (Å²) in [6.45, 7) is 4.70. The summed E-state index contributed by atoms with van der Waals surface area (Å²) in [6.07, 6.45) is 12.0. The molecule has 1 aliphatic rings. The molecule has 0 heterocycles. The van der Waals surface area contributed by atoms with Gasteiger partial charge in [0.2, 0.25) is 0 Å². The van der Waals surface area contributed by atoms with Crippen molar-refractivity contribution in [3.8, 4) is 0 Å². The lowest BCUT2D eigenvalue weighted by molar-refractivity contribution is 0.499. The van der Waals surface area contributed by atoms with Crippen LogP contribution in [0.2, 0.25) is 12.1 Å². The van der Waals surface area contributed by atoms with Gasteiger partial charge in [0.15, 0.2) is 0 Å². The molecule has 13 heavy (non-hydrogen) atoms. The van der Waals surface area contributed by atoms with Crippen LogP contribution in [-0.2, 0) is 0 Å². The van der Waals surface area contributed by atoms with E-state index in [-0.39, 0.29) is 0 Å². The van der Waals surface area contributed by atoms with Gasteiger partial charge < -0.3 is 0 Å². The van der Waals surface area contributed by atoms with Crippen molar-refractivity contribution in [2.24, 2.45) is 5.92 Å². The average molecular weight is 180 g/mol. The van der Waals surface area contributed by atoms with Crippen LogP contribution in [0.1, 0.15) is 58.8 Å². The summed E-state index contributed by atoms with van der Waals surface area (Å²) in [7, 11) is 1.50. The normalized spacial score (nSPS) is 21.2. The van der Waals surface area contributed by atoms with Crippen LogP contribution in [0.25, 0.3) is 0 Å². The maximum Gasteiger partial charge on any atom is 0.124 e. The molecule has 0 aromatic rings. The predicted octanol–water partition coefficient (Wildman–Crippen LogP) is 4.03. The highest BCUT2D eigenvalue weighted by Crippen LogP contribution is 2.27. The fourth-order valence-corrected chi connectivity index (χ4v) is 2.40. The fraction of sp³-hybridized carbons (Fsp3) is 1.00. The minimum atomic E-state index is 0.908. The summed E-state index contributed by atoms with van der Waals surface area (Å²) in [5, 5.41) is 0. The van der Waals surface area contributed by atoms with Crippen LogP contribution in [0.5, 0.6) is 0 Å². The second-order valence-electron chi connectivity index (χ2n) is 5.18. The van der Waals surface area contributed by atoms with Gasteiger partial charge in [-0.3, -0.25) is 0 Å². The molecule has 0 nitrogen and oxygen atoms in total. The zero-order valence-corrected chi connectivity index (χ0v) is 9.52. The first-order valence-electron chi connectivity index (χ1n) is 6.29. The molecule has 0 aromatic heterocycles. The molecule has 0 N–H and O–H groups in total. The van der Waals surface area contributed by atoms with Crippen LogP contribution in [0.4, 0.5) is 0 Å². The van der Waals surface area contributed by atoms with Gasteiger partial charge in [-0.2, -0.15) is 0 Å². The van der Waals surface area contributed by atoms with Gasteiger partial charge in [-0.25, -0.2) is 0 Å². The molecule has 1 fully saturated rings. The monoisotopic (exact) mass is 180 g/mol. The minimum Gasteiger partial charge on any atom is -0.0749 e. The van der Waals surface area contributed by atoms with Crippen LogP contribution in [-0.4, -0.2) is 7.28 Å². The van der Waals surface area contributed by atoms with Gasteiger partial charge in [0, 0.05) is 0 Å². The van der Waals surface area contributed by atoms with E-state index in [0.29, 0.717) is 0 Å². The summed E-state index contributed by atoms with van der Waals surface area (Å²) in [5.74, 6) is 1.98. The van der Waals surface area contributed by atoms with E-state index in [9.17, 15) is 0 Å². The SMILES string of the molecule is CC(C)CBC1CCCCCCC1. The molecule has 0 unspecified atom stereocenters. The van der Waals surface area contributed by atoms with Crippen molar-refractivity contribution in [1.82, 2.24) is 0 Å². The molecule has 0 aliphatic heterocycles. The van der Waals surface area contributed by atoms with E-state index < -0.39 is 0 Å². The van der Waals surface area contributed by atoms with Crippen LogP contribution >= 0.6 is 0 Å². The lowest BCUT2D eigenvalue weighted by Gasteiger charge is -2.19. The molecule has 0 atom stereocenters. The Morgan fingerprint density at radius 3 is 2.08 bits per heavy atom. The summed E-state index contributed by atoms with van der Waals surface area (Å²) < 4.78 is 0. The first-order chi connectivity index (χ1) is 6.29. The Morgan fingerprint density at radius 1 is 1.00 bits per heavy atom. The van der Waals surface area contributed by atoms with Gasteiger partial charge in [0.25, 0.3) is 0 Å². The van der Waals surface area contributed by atoms with Gasteiger partial charge in [-0.1, -0.05) is 76.8 Å². The highest BCUT2D eigenvalue weighted by atomic mass is 14.1. The molecule has 0 bridgehead atoms. The van der Waals surface area contributed by atoms with Crippen molar-refractivity contribution in [3.63, 3.8) is 0 Å². The number of rotatable bonds is 3. The Hall–Kier alpha value is 0.0649. The molecule has 0 saturated heterocycles. The van der Waals surface area contributed by atoms with Crippen LogP contribution in [0.3, 0.4) is 0 Å². The first-order valence-corrected chi connectivity index (χ1v) is 6.29. The Kier molecular flexibility index (Phi) is 5.58. The van der Waals surface area contributed by atoms with E-state index in [1.54, 1.807) is 0 Å². The van der Waals surface area contributed by atoms with E-state index in [2.05, 4.69) is 13.8 Å². The predicted molar refractivity (Wildman–Crippen MR) is 62.9 cm³/mol. The van der Waals surface area contributed by atoms with Crippen molar-refractivity contribution in [2.45, 2.75) is 70.9 Å². The lowest BCUT2D eigenvalue weighted by atomic mass is 9.56. The van der Waals surface area contributed by atoms with Gasteiger partial charge in [0.1, 0.15) is 7.28 Å². The van der Waals surface area contributed by atoms with Gasteiger partial charge in [-0.05, 0) is 0 Å². The Morgan fingerprint density at radius 2 is 1.54 bits per heavy atom. The van der Waals surface area contributed by atoms with Crippen LogP contribution in [0, 0.1) is 5.92 Å². The molecule has 0 radical (unpaired) electrons. The maximum absolute atomic E-state index is 2.35. The van der Waals surface area contributed by atoms with Gasteiger partial charge in [-0.15, -0.1) is 0 Å². The third-order valence-electron chi connectivity index (χ3n) is 3.38. The number of hydrogen-bond donors (Lipinski definition) is 0. The first kappa shape index (κ1) is 11.1. The van der Waals surface area contributed by atoms with Crippen molar-refractivity contribution < 1.29 is 0 Å². The van der Waals surface area contributed by atoms with Crippen molar-refractivity contribution in [2.75, 3.05) is 0 Å². The van der Waals surface area contributed by atoms with Gasteiger partial charge >= 0.3 is 0 Å². The summed E-state index contributed by atoms with van der Waals surface area (Å²) in [6, 6.07) is 0. The van der Waals surface area contributed by atoms with Crippen molar-refractivity contribution in [1.29, 1.82) is 0 Å². The molecule has 0 spiro atoms. The third kappa shape index (κ3) is 5.39. The highest BCUT2D eigenvalue weighted by molar-refractivity contribution is 6.37. The topological polar surface area (TPSA) is 0 Å². The van der Waals surface area contributed by atoms with Crippen molar-refractivity contribution in [3.05, 3.63) is 0 Å². The molecule has 0 aromatic carbocycles. The van der Waals surface area contributed by atoms with E-state index in [4.69, 9.17) is 0 Å². The second-order valence-corrected chi connectivity index (χ2v) is 5.18. The third-order valence-corrected chi connectivity index (χ3v) is 3.38. The Bertz CT molecular complexity index is 112. The summed E-state index contributed by atoms with van der Waals surface area (Å²) in [4.78, 5) is 0. The van der Waals surface area contributed by atoms with Crippen molar-refractivity contribution >= 4 is 7.28 Å². The maximum atomic E-state index is 2.35. The molecule has 0 amide bonds. The largest absolute Gasteiger partial charge is 0.124 e. The van der Waals surface area contributed by atoms with Crippen LogP contribution < -0.4 is 0 Å². The Labute approximate surface area is 84.7 Å². The zero-order valence-electron chi connectivity index (χ0n) is 9.52. The van der Waals surface area contributed by atoms with Gasteiger partial charge in [0.05, 0.1) is 0 Å². The molecular weight excluding hydrogens is 155 g/mol. The highest BCUT2D eigenvalue weighted by Gasteiger charge is 2.12. The zero-order chi connectivity index (χ0) is 9.52. The van der Waals surface area contributed by atoms with E-state index in [1.165, 1.54) is 58.5 Å². The smallest absolute Gasteiger partial charge is 0.0749 e. The average Bonchev–Trinajstić information content (AvgIpc) is 2.01. The molecule has 76 valence electrons. The summed E-state index contributed by atoms with van der Waals surface area (Å²) in [5.41, 5.74) is 0. The molecule has 1 rings (SSSR count). The lowest BCUT2D eigenvalue weighted by Crippen LogP contribution is -2.08. The molecule has 1 saturated carbocycles.